The normalized spacial score (nSPS) is 10.9. The molecule has 0 spiro atoms. The van der Waals surface area contributed by atoms with Crippen LogP contribution in [-0.4, -0.2) is 57.1 Å². The number of likely N-dealkylation sites (N-methyl/N-ethyl adjacent to an activating group) is 1. The van der Waals surface area contributed by atoms with E-state index in [4.69, 9.17) is 32.7 Å². The largest absolute Gasteiger partial charge is 0.443 e. The van der Waals surface area contributed by atoms with Crippen molar-refractivity contribution in [2.45, 2.75) is 0 Å². The predicted molar refractivity (Wildman–Crippen MR) is 115 cm³/mol. The first kappa shape index (κ1) is 22.8. The van der Waals surface area contributed by atoms with E-state index in [1.165, 1.54) is 0 Å². The van der Waals surface area contributed by atoms with Crippen LogP contribution in [0.25, 0.3) is 0 Å². The molecule has 2 aromatic rings. The van der Waals surface area contributed by atoms with Crippen LogP contribution in [0.3, 0.4) is 0 Å². The zero-order valence-electron chi connectivity index (χ0n) is 16.3. The van der Waals surface area contributed by atoms with Gasteiger partial charge in [-0.05, 0) is 48.5 Å². The summed E-state index contributed by atoms with van der Waals surface area (Å²) in [5.74, 6) is 0. The second-order valence-electron chi connectivity index (χ2n) is 6.92. The lowest BCUT2D eigenvalue weighted by molar-refractivity contribution is -0.890. The molecule has 2 rings (SSSR count). The van der Waals surface area contributed by atoms with E-state index >= 15 is 0 Å². The number of hydrogen-bond donors (Lipinski definition) is 2. The van der Waals surface area contributed by atoms with Gasteiger partial charge in [0.1, 0.15) is 26.3 Å². The van der Waals surface area contributed by atoms with Crippen LogP contribution in [0.15, 0.2) is 48.5 Å². The Labute approximate surface area is 180 Å². The van der Waals surface area contributed by atoms with Crippen LogP contribution in [0.5, 0.6) is 0 Å². The topological polar surface area (TPSA) is 76.7 Å². The molecule has 9 heteroatoms. The zero-order chi connectivity index (χ0) is 21.3. The molecule has 0 aliphatic rings. The van der Waals surface area contributed by atoms with Crippen molar-refractivity contribution in [3.63, 3.8) is 0 Å². The molecule has 2 N–H and O–H groups in total. The Kier molecular flexibility index (Phi) is 8.57. The molecule has 0 radical (unpaired) electrons. The highest BCUT2D eigenvalue weighted by Crippen LogP contribution is 2.14. The summed E-state index contributed by atoms with van der Waals surface area (Å²) >= 11 is 11.6. The Morgan fingerprint density at radius 1 is 0.759 bits per heavy atom. The Balaban J connectivity index is 1.63. The average molecular weight is 441 g/mol. The minimum absolute atomic E-state index is 0.226. The van der Waals surface area contributed by atoms with Gasteiger partial charge in [0.05, 0.1) is 14.1 Å². The van der Waals surface area contributed by atoms with E-state index in [-0.39, 0.29) is 13.2 Å². The summed E-state index contributed by atoms with van der Waals surface area (Å²) in [4.78, 5) is 23.6. The van der Waals surface area contributed by atoms with Gasteiger partial charge in [0.15, 0.2) is 0 Å². The second kappa shape index (κ2) is 10.9. The molecule has 0 saturated heterocycles. The number of rotatable bonds is 8. The SMILES string of the molecule is C[N+](C)(CCOC(=O)Nc1ccc(Cl)cc1)CCOC(=O)Nc1ccc(Cl)cc1. The Bertz CT molecular complexity index is 744. The highest BCUT2D eigenvalue weighted by Gasteiger charge is 2.17. The fourth-order valence-corrected chi connectivity index (χ4v) is 2.51. The molecule has 0 unspecified atom stereocenters. The molecule has 2 aromatic carbocycles. The third-order valence-electron chi connectivity index (χ3n) is 4.04. The number of benzene rings is 2. The van der Waals surface area contributed by atoms with Gasteiger partial charge in [-0.15, -0.1) is 0 Å². The number of carbonyl (C=O) groups excluding carboxylic acids is 2. The lowest BCUT2D eigenvalue weighted by atomic mass is 10.3. The molecule has 0 bridgehead atoms. The molecule has 0 aromatic heterocycles. The summed E-state index contributed by atoms with van der Waals surface area (Å²) in [5, 5.41) is 6.43. The van der Waals surface area contributed by atoms with Crippen LogP contribution in [0.1, 0.15) is 0 Å². The molecule has 0 atom stereocenters. The maximum Gasteiger partial charge on any atom is 0.411 e. The molecule has 0 aliphatic heterocycles. The number of carbonyl (C=O) groups is 2. The monoisotopic (exact) mass is 440 g/mol. The number of nitrogens with one attached hydrogen (secondary N) is 2. The summed E-state index contributed by atoms with van der Waals surface area (Å²) < 4.78 is 10.9. The molecule has 0 heterocycles. The van der Waals surface area contributed by atoms with E-state index in [2.05, 4.69) is 10.6 Å². The summed E-state index contributed by atoms with van der Waals surface area (Å²) in [6, 6.07) is 13.5. The fraction of sp³-hybridized carbons (Fsp3) is 0.300. The number of hydrogen-bond acceptors (Lipinski definition) is 4. The van der Waals surface area contributed by atoms with Crippen molar-refractivity contribution in [2.24, 2.45) is 0 Å². The summed E-state index contributed by atoms with van der Waals surface area (Å²) in [7, 11) is 3.92. The van der Waals surface area contributed by atoms with E-state index in [0.717, 1.165) is 0 Å². The highest BCUT2D eigenvalue weighted by molar-refractivity contribution is 6.30. The van der Waals surface area contributed by atoms with E-state index in [1.54, 1.807) is 48.5 Å². The van der Waals surface area contributed by atoms with Crippen LogP contribution in [0.4, 0.5) is 21.0 Å². The Hall–Kier alpha value is -2.48. The van der Waals surface area contributed by atoms with E-state index in [9.17, 15) is 9.59 Å². The number of nitrogens with zero attached hydrogens (tertiary/aromatic N) is 1. The molecule has 0 aliphatic carbocycles. The van der Waals surface area contributed by atoms with Crippen LogP contribution < -0.4 is 10.6 Å². The minimum Gasteiger partial charge on any atom is -0.443 e. The smallest absolute Gasteiger partial charge is 0.411 e. The van der Waals surface area contributed by atoms with Gasteiger partial charge in [-0.2, -0.15) is 0 Å². The lowest BCUT2D eigenvalue weighted by Crippen LogP contribution is -2.45. The maximum atomic E-state index is 11.8. The fourth-order valence-electron chi connectivity index (χ4n) is 2.26. The van der Waals surface area contributed by atoms with Gasteiger partial charge in [-0.1, -0.05) is 23.2 Å². The summed E-state index contributed by atoms with van der Waals surface area (Å²) in [6.45, 7) is 1.58. The van der Waals surface area contributed by atoms with Crippen LogP contribution in [-0.2, 0) is 9.47 Å². The van der Waals surface area contributed by atoms with Gasteiger partial charge in [0.2, 0.25) is 0 Å². The average Bonchev–Trinajstić information content (AvgIpc) is 2.65. The molecule has 2 amide bonds. The van der Waals surface area contributed by atoms with Gasteiger partial charge < -0.3 is 14.0 Å². The summed E-state index contributed by atoms with van der Waals surface area (Å²) in [6.07, 6.45) is -1.07. The van der Waals surface area contributed by atoms with Crippen LogP contribution in [0, 0.1) is 0 Å². The highest BCUT2D eigenvalue weighted by atomic mass is 35.5. The van der Waals surface area contributed by atoms with Crippen molar-refractivity contribution >= 4 is 46.8 Å². The van der Waals surface area contributed by atoms with E-state index in [1.807, 2.05) is 14.1 Å². The number of anilines is 2. The molecule has 0 saturated carbocycles. The zero-order valence-corrected chi connectivity index (χ0v) is 17.8. The number of halogens is 2. The molecule has 29 heavy (non-hydrogen) atoms. The molecular weight excluding hydrogens is 417 g/mol. The minimum atomic E-state index is -0.536. The van der Waals surface area contributed by atoms with Gasteiger partial charge in [0.25, 0.3) is 0 Å². The Morgan fingerprint density at radius 2 is 1.10 bits per heavy atom. The van der Waals surface area contributed by atoms with Crippen molar-refractivity contribution < 1.29 is 23.5 Å². The molecule has 7 nitrogen and oxygen atoms in total. The first-order chi connectivity index (χ1) is 13.7. The predicted octanol–water partition coefficient (Wildman–Crippen LogP) is 4.87. The van der Waals surface area contributed by atoms with Crippen LogP contribution >= 0.6 is 23.2 Å². The first-order valence-electron chi connectivity index (χ1n) is 8.94. The second-order valence-corrected chi connectivity index (χ2v) is 7.79. The van der Waals surface area contributed by atoms with Gasteiger partial charge >= 0.3 is 12.2 Å². The first-order valence-corrected chi connectivity index (χ1v) is 9.70. The van der Waals surface area contributed by atoms with Crippen molar-refractivity contribution in [2.75, 3.05) is 51.0 Å². The number of amides is 2. The Morgan fingerprint density at radius 3 is 1.45 bits per heavy atom. The lowest BCUT2D eigenvalue weighted by Gasteiger charge is -2.29. The molecule has 0 fully saturated rings. The molecule has 156 valence electrons. The van der Waals surface area contributed by atoms with E-state index < -0.39 is 12.2 Å². The number of ether oxygens (including phenoxy) is 2. The van der Waals surface area contributed by atoms with Crippen molar-refractivity contribution in [1.29, 1.82) is 0 Å². The number of quaternary nitrogens is 1. The van der Waals surface area contributed by atoms with Gasteiger partial charge in [-0.25, -0.2) is 9.59 Å². The van der Waals surface area contributed by atoms with Crippen molar-refractivity contribution in [3.8, 4) is 0 Å². The van der Waals surface area contributed by atoms with Crippen molar-refractivity contribution in [3.05, 3.63) is 58.6 Å². The van der Waals surface area contributed by atoms with Crippen molar-refractivity contribution in [1.82, 2.24) is 0 Å². The van der Waals surface area contributed by atoms with Gasteiger partial charge in [-0.3, -0.25) is 10.6 Å². The molecular formula is C20H24Cl2N3O4+. The van der Waals surface area contributed by atoms with Crippen LogP contribution in [0.2, 0.25) is 10.0 Å². The van der Waals surface area contributed by atoms with Gasteiger partial charge in [0, 0.05) is 21.4 Å². The van der Waals surface area contributed by atoms with E-state index in [0.29, 0.717) is 39.0 Å². The quantitative estimate of drug-likeness (QED) is 0.574. The third-order valence-corrected chi connectivity index (χ3v) is 4.54. The standard InChI is InChI=1S/C20H23Cl2N3O4/c1-25(2,11-13-28-19(26)23-17-7-3-15(21)4-8-17)12-14-29-20(27)24-18-9-5-16(22)6-10-18/h3-10H,11-14H2,1-2H3,(H-,23,24,26,27)/p+1. The summed E-state index contributed by atoms with van der Waals surface area (Å²) in [5.41, 5.74) is 1.21. The maximum absolute atomic E-state index is 11.8. The third kappa shape index (κ3) is 9.04.